The number of hydrogen-bond acceptors (Lipinski definition) is 8. The number of nitriles is 1. The zero-order chi connectivity index (χ0) is 37.1. The van der Waals surface area contributed by atoms with Crippen LogP contribution in [-0.4, -0.2) is 74.9 Å². The minimum absolute atomic E-state index is 0.0938. The van der Waals surface area contributed by atoms with Crippen molar-refractivity contribution in [2.45, 2.75) is 55.6 Å². The zero-order valence-electron chi connectivity index (χ0n) is 28.7. The van der Waals surface area contributed by atoms with Crippen molar-refractivity contribution in [2.75, 3.05) is 31.2 Å². The first-order chi connectivity index (χ1) is 25.4. The van der Waals surface area contributed by atoms with Crippen LogP contribution in [-0.2, 0) is 31.8 Å². The monoisotopic (exact) mass is 752 g/mol. The third-order valence-corrected chi connectivity index (χ3v) is 10.9. The van der Waals surface area contributed by atoms with E-state index in [0.29, 0.717) is 84.5 Å². The number of nitrogens with zero attached hydrogens (tertiary/aromatic N) is 6. The summed E-state index contributed by atoms with van der Waals surface area (Å²) in [4.78, 5) is 68.0. The van der Waals surface area contributed by atoms with Gasteiger partial charge in [0.25, 0.3) is 17.7 Å². The number of morpholine rings is 1. The molecule has 1 atom stereocenters. The number of carbonyl (C=O) groups is 4. The summed E-state index contributed by atoms with van der Waals surface area (Å²) in [5, 5.41) is 16.1. The van der Waals surface area contributed by atoms with Gasteiger partial charge in [-0.25, -0.2) is 9.88 Å². The number of imidazole rings is 1. The maximum Gasteiger partial charge on any atom is 0.270 e. The summed E-state index contributed by atoms with van der Waals surface area (Å²) in [5.74, 6) is -1.20. The second-order valence-electron chi connectivity index (χ2n) is 14.2. The molecule has 13 nitrogen and oxygen atoms in total. The number of carbonyl (C=O) groups excluding carboxylic acids is 4. The molecule has 2 aromatic heterocycles. The number of nitrogens with one attached hydrogen (secondary N) is 2. The number of ether oxygens (including phenoxy) is 1. The molecule has 2 saturated carbocycles. The highest BCUT2D eigenvalue weighted by molar-refractivity contribution is 6.35. The number of pyridine rings is 1. The molecule has 0 radical (unpaired) electrons. The first-order valence-electron chi connectivity index (χ1n) is 17.3. The van der Waals surface area contributed by atoms with Crippen LogP contribution in [0.5, 0.6) is 0 Å². The first-order valence-corrected chi connectivity index (χ1v) is 18.1. The van der Waals surface area contributed by atoms with Gasteiger partial charge in [-0.05, 0) is 80.6 Å². The molecule has 2 aliphatic heterocycles. The van der Waals surface area contributed by atoms with Crippen LogP contribution in [0.25, 0.3) is 0 Å². The van der Waals surface area contributed by atoms with Gasteiger partial charge in [0.05, 0.1) is 48.0 Å². The van der Waals surface area contributed by atoms with Gasteiger partial charge in [0, 0.05) is 41.3 Å². The molecule has 0 bridgehead atoms. The molecule has 3 fully saturated rings. The van der Waals surface area contributed by atoms with Crippen LogP contribution < -0.4 is 15.5 Å². The Labute approximate surface area is 314 Å². The van der Waals surface area contributed by atoms with Gasteiger partial charge in [-0.3, -0.25) is 28.7 Å². The summed E-state index contributed by atoms with van der Waals surface area (Å²) < 4.78 is 6.97. The lowest BCUT2D eigenvalue weighted by molar-refractivity contribution is -0.125. The van der Waals surface area contributed by atoms with Crippen molar-refractivity contribution in [2.24, 2.45) is 0 Å². The summed E-state index contributed by atoms with van der Waals surface area (Å²) in [6.45, 7) is 3.72. The summed E-state index contributed by atoms with van der Waals surface area (Å²) in [6.07, 6.45) is 5.25. The lowest BCUT2D eigenvalue weighted by Gasteiger charge is -2.28. The fourth-order valence-corrected chi connectivity index (χ4v) is 7.74. The number of anilines is 2. The van der Waals surface area contributed by atoms with Gasteiger partial charge in [0.15, 0.2) is 0 Å². The van der Waals surface area contributed by atoms with Crippen LogP contribution in [0.15, 0.2) is 67.0 Å². The Morgan fingerprint density at radius 1 is 0.943 bits per heavy atom. The molecule has 8 rings (SSSR count). The van der Waals surface area contributed by atoms with Crippen molar-refractivity contribution in [3.8, 4) is 6.07 Å². The fraction of sp³-hybridized carbons (Fsp3) is 0.342. The van der Waals surface area contributed by atoms with Crippen molar-refractivity contribution >= 4 is 58.5 Å². The highest BCUT2D eigenvalue weighted by Crippen LogP contribution is 2.48. The summed E-state index contributed by atoms with van der Waals surface area (Å²) in [7, 11) is 0. The molecule has 0 unspecified atom stereocenters. The maximum absolute atomic E-state index is 14.4. The van der Waals surface area contributed by atoms with Gasteiger partial charge in [0.2, 0.25) is 11.9 Å². The molecule has 2 aromatic carbocycles. The minimum Gasteiger partial charge on any atom is -0.378 e. The number of rotatable bonds is 9. The van der Waals surface area contributed by atoms with Gasteiger partial charge in [0.1, 0.15) is 16.8 Å². The largest absolute Gasteiger partial charge is 0.378 e. The van der Waals surface area contributed by atoms with E-state index in [1.165, 1.54) is 11.1 Å². The Hall–Kier alpha value is -5.29. The van der Waals surface area contributed by atoms with Crippen LogP contribution >= 0.6 is 23.2 Å². The minimum atomic E-state index is -1.34. The average molecular weight is 754 g/mol. The van der Waals surface area contributed by atoms with Gasteiger partial charge in [-0.2, -0.15) is 5.26 Å². The summed E-state index contributed by atoms with van der Waals surface area (Å²) >= 11 is 12.7. The van der Waals surface area contributed by atoms with Crippen molar-refractivity contribution < 1.29 is 23.9 Å². The van der Waals surface area contributed by atoms with Gasteiger partial charge in [-0.15, -0.1) is 0 Å². The smallest absolute Gasteiger partial charge is 0.270 e. The van der Waals surface area contributed by atoms with E-state index in [-0.39, 0.29) is 35.8 Å². The predicted molar refractivity (Wildman–Crippen MR) is 194 cm³/mol. The molecule has 270 valence electrons. The second kappa shape index (κ2) is 13.0. The van der Waals surface area contributed by atoms with E-state index in [9.17, 15) is 24.4 Å². The van der Waals surface area contributed by atoms with Crippen molar-refractivity contribution in [3.63, 3.8) is 0 Å². The Kier molecular flexibility index (Phi) is 8.52. The van der Waals surface area contributed by atoms with Crippen LogP contribution in [0.3, 0.4) is 0 Å². The topological polar surface area (TPSA) is 163 Å². The Balaban J connectivity index is 1.06. The SMILES string of the molecule is C[C@@]1(Cc2ccc(C#N)cc2)C(=O)N(c2cc(Cl)cc(Cl)c2)c2ncc(C(=O)NC3(C(=O)NC4(c5cc(C(=O)N6CCOCC6)ccn5)CC4)CC3)n21. The molecule has 1 saturated heterocycles. The first kappa shape index (κ1) is 34.8. The van der Waals surface area contributed by atoms with E-state index in [0.717, 1.165) is 5.56 Å². The number of fused-ring (bicyclic) bond motifs is 1. The Morgan fingerprint density at radius 2 is 1.64 bits per heavy atom. The van der Waals surface area contributed by atoms with E-state index < -0.39 is 22.5 Å². The third-order valence-electron chi connectivity index (χ3n) is 10.5. The quantitative estimate of drug-likeness (QED) is 0.250. The predicted octanol–water partition coefficient (Wildman–Crippen LogP) is 4.63. The molecule has 4 aromatic rings. The standard InChI is InChI=1S/C38H34Cl2N8O5/c1-36(20-23-2-4-24(21-41)5-3-23)34(52)47(28-18-26(39)17-27(40)19-28)35-43-22-29(48(35)36)31(49)44-38(9-10-38)33(51)45-37(7-8-37)30-16-25(6-11-42-30)32(50)46-12-14-53-15-13-46/h2-6,11,16-19,22H,7-10,12-15,20H2,1H3,(H,44,49)(H,45,51)/t36-/m1/s1. The third kappa shape index (κ3) is 6.20. The number of halogens is 2. The maximum atomic E-state index is 14.4. The molecule has 15 heteroatoms. The van der Waals surface area contributed by atoms with Crippen molar-refractivity contribution in [3.05, 3.63) is 105 Å². The summed E-state index contributed by atoms with van der Waals surface area (Å²) in [6, 6.07) is 17.1. The number of benzene rings is 2. The van der Waals surface area contributed by atoms with Crippen molar-refractivity contribution in [1.29, 1.82) is 5.26 Å². The molecule has 0 spiro atoms. The molecule has 53 heavy (non-hydrogen) atoms. The van der Waals surface area contributed by atoms with Crippen molar-refractivity contribution in [1.82, 2.24) is 30.1 Å². The lowest BCUT2D eigenvalue weighted by atomic mass is 9.91. The fourth-order valence-electron chi connectivity index (χ4n) is 7.22. The van der Waals surface area contributed by atoms with Gasteiger partial charge < -0.3 is 20.3 Å². The molecule has 2 N–H and O–H groups in total. The highest BCUT2D eigenvalue weighted by Gasteiger charge is 2.57. The van der Waals surface area contributed by atoms with E-state index >= 15 is 0 Å². The van der Waals surface area contributed by atoms with Crippen LogP contribution in [0, 0.1) is 11.3 Å². The molecule has 4 amide bonds. The molecule has 4 aliphatic rings. The van der Waals surface area contributed by atoms with E-state index in [4.69, 9.17) is 27.9 Å². The van der Waals surface area contributed by atoms with Crippen LogP contribution in [0.2, 0.25) is 10.0 Å². The molecule has 2 aliphatic carbocycles. The average Bonchev–Trinajstić information content (AvgIpc) is 4.06. The Morgan fingerprint density at radius 3 is 2.28 bits per heavy atom. The van der Waals surface area contributed by atoms with Crippen LogP contribution in [0.4, 0.5) is 11.6 Å². The molecular formula is C38H34Cl2N8O5. The zero-order valence-corrected chi connectivity index (χ0v) is 30.2. The second-order valence-corrected chi connectivity index (χ2v) is 15.1. The molecular weight excluding hydrogens is 719 g/mol. The number of aromatic nitrogens is 3. The van der Waals surface area contributed by atoms with Gasteiger partial charge in [-0.1, -0.05) is 35.3 Å². The highest BCUT2D eigenvalue weighted by atomic mass is 35.5. The summed E-state index contributed by atoms with van der Waals surface area (Å²) in [5.41, 5.74) is -0.466. The van der Waals surface area contributed by atoms with Crippen LogP contribution in [0.1, 0.15) is 70.3 Å². The number of amides is 4. The van der Waals surface area contributed by atoms with Gasteiger partial charge >= 0.3 is 0 Å². The molecule has 4 heterocycles. The van der Waals surface area contributed by atoms with E-state index in [2.05, 4.69) is 26.7 Å². The normalized spacial score (nSPS) is 20.7. The Bertz CT molecular complexity index is 2200. The van der Waals surface area contributed by atoms with E-state index in [1.54, 1.807) is 77.2 Å². The van der Waals surface area contributed by atoms with E-state index in [1.807, 2.05) is 0 Å². The lowest BCUT2D eigenvalue weighted by Crippen LogP contribution is -2.52. The number of hydrogen-bond donors (Lipinski definition) is 2.